The number of rotatable bonds is 2. The number of carbonyl (C=O) groups excluding carboxylic acids is 1. The van der Waals surface area contributed by atoms with E-state index < -0.39 is 37.3 Å². The number of alkyl halides is 2. The Morgan fingerprint density at radius 1 is 1.59 bits per heavy atom. The van der Waals surface area contributed by atoms with Gasteiger partial charge in [-0.25, -0.2) is 13.6 Å². The first-order valence-corrected chi connectivity index (χ1v) is 5.38. The van der Waals surface area contributed by atoms with Gasteiger partial charge in [-0.3, -0.25) is 4.90 Å². The molecular formula is C10H14F2N2O3. The van der Waals surface area contributed by atoms with Gasteiger partial charge in [-0.15, -0.1) is 0 Å². The molecule has 2 rings (SSSR count). The van der Waals surface area contributed by atoms with Crippen LogP contribution in [-0.2, 0) is 4.74 Å². The van der Waals surface area contributed by atoms with Crippen molar-refractivity contribution in [2.45, 2.75) is 24.7 Å². The number of urea groups is 1. The van der Waals surface area contributed by atoms with Crippen molar-refractivity contribution in [1.29, 1.82) is 0 Å². The monoisotopic (exact) mass is 248 g/mol. The molecule has 0 aromatic carbocycles. The van der Waals surface area contributed by atoms with E-state index in [1.807, 2.05) is 0 Å². The zero-order valence-electron chi connectivity index (χ0n) is 9.10. The maximum absolute atomic E-state index is 13.7. The number of amides is 2. The molecule has 0 aromatic rings. The van der Waals surface area contributed by atoms with E-state index in [9.17, 15) is 13.6 Å². The predicted molar refractivity (Wildman–Crippen MR) is 54.6 cm³/mol. The number of nitrogens with one attached hydrogen (secondary N) is 1. The molecular weight excluding hydrogens is 234 g/mol. The maximum atomic E-state index is 13.7. The SMILES string of the molecule is O=C1NCC=CCN1[C@@H]1O[C@H](CO)CC1(F)F. The molecule has 2 N–H and O–H groups in total. The van der Waals surface area contributed by atoms with Gasteiger partial charge in [0.15, 0.2) is 6.23 Å². The summed E-state index contributed by atoms with van der Waals surface area (Å²) < 4.78 is 32.3. The van der Waals surface area contributed by atoms with Gasteiger partial charge >= 0.3 is 6.03 Å². The van der Waals surface area contributed by atoms with Gasteiger partial charge in [-0.05, 0) is 0 Å². The highest BCUT2D eigenvalue weighted by Gasteiger charge is 2.53. The third-order valence-corrected chi connectivity index (χ3v) is 2.77. The van der Waals surface area contributed by atoms with Crippen LogP contribution in [0.4, 0.5) is 13.6 Å². The molecule has 0 saturated carbocycles. The molecule has 1 saturated heterocycles. The first kappa shape index (κ1) is 12.3. The lowest BCUT2D eigenvalue weighted by molar-refractivity contribution is -0.135. The number of aliphatic hydroxyl groups excluding tert-OH is 1. The van der Waals surface area contributed by atoms with Crippen LogP contribution in [0.2, 0.25) is 0 Å². The summed E-state index contributed by atoms with van der Waals surface area (Å²) in [4.78, 5) is 12.5. The second kappa shape index (κ2) is 4.58. The van der Waals surface area contributed by atoms with Gasteiger partial charge in [-0.1, -0.05) is 12.2 Å². The van der Waals surface area contributed by atoms with Crippen molar-refractivity contribution < 1.29 is 23.4 Å². The molecule has 0 aliphatic carbocycles. The van der Waals surface area contributed by atoms with Crippen LogP contribution in [0.5, 0.6) is 0 Å². The topological polar surface area (TPSA) is 61.8 Å². The molecule has 17 heavy (non-hydrogen) atoms. The van der Waals surface area contributed by atoms with Crippen LogP contribution in [0, 0.1) is 0 Å². The Balaban J connectivity index is 2.14. The van der Waals surface area contributed by atoms with Gasteiger partial charge in [0.1, 0.15) is 0 Å². The Labute approximate surface area is 97.0 Å². The highest BCUT2D eigenvalue weighted by atomic mass is 19.3. The summed E-state index contributed by atoms with van der Waals surface area (Å²) in [7, 11) is 0. The molecule has 2 amide bonds. The number of hydrogen-bond donors (Lipinski definition) is 2. The van der Waals surface area contributed by atoms with Crippen molar-refractivity contribution in [2.75, 3.05) is 19.7 Å². The molecule has 2 atom stereocenters. The quantitative estimate of drug-likeness (QED) is 0.691. The molecule has 0 unspecified atom stereocenters. The van der Waals surface area contributed by atoms with Crippen LogP contribution >= 0.6 is 0 Å². The molecule has 1 fully saturated rings. The molecule has 2 aliphatic rings. The first-order chi connectivity index (χ1) is 8.04. The van der Waals surface area contributed by atoms with E-state index in [1.165, 1.54) is 0 Å². The van der Waals surface area contributed by atoms with Gasteiger partial charge < -0.3 is 15.2 Å². The van der Waals surface area contributed by atoms with Gasteiger partial charge in [0.05, 0.1) is 12.7 Å². The second-order valence-electron chi connectivity index (χ2n) is 4.07. The van der Waals surface area contributed by atoms with E-state index in [0.717, 1.165) is 4.90 Å². The van der Waals surface area contributed by atoms with Crippen molar-refractivity contribution in [2.24, 2.45) is 0 Å². The second-order valence-corrected chi connectivity index (χ2v) is 4.07. The summed E-state index contributed by atoms with van der Waals surface area (Å²) in [6, 6.07) is -0.585. The van der Waals surface area contributed by atoms with Crippen molar-refractivity contribution in [3.05, 3.63) is 12.2 Å². The summed E-state index contributed by atoms with van der Waals surface area (Å²) in [6.07, 6.45) is 0.220. The van der Waals surface area contributed by atoms with Gasteiger partial charge in [-0.2, -0.15) is 0 Å². The highest BCUT2D eigenvalue weighted by Crippen LogP contribution is 2.37. The number of carbonyl (C=O) groups is 1. The van der Waals surface area contributed by atoms with Crippen molar-refractivity contribution in [1.82, 2.24) is 10.2 Å². The summed E-state index contributed by atoms with van der Waals surface area (Å²) in [6.45, 7) is -0.0846. The normalized spacial score (nSPS) is 32.4. The summed E-state index contributed by atoms with van der Waals surface area (Å²) in [5.74, 6) is -3.14. The lowest BCUT2D eigenvalue weighted by Gasteiger charge is -2.29. The van der Waals surface area contributed by atoms with E-state index in [-0.39, 0.29) is 6.54 Å². The average molecular weight is 248 g/mol. The average Bonchev–Trinajstić information content (AvgIpc) is 2.45. The van der Waals surface area contributed by atoms with E-state index in [1.54, 1.807) is 12.2 Å². The molecule has 2 heterocycles. The highest BCUT2D eigenvalue weighted by molar-refractivity contribution is 5.75. The number of halogens is 2. The molecule has 5 nitrogen and oxygen atoms in total. The standard InChI is InChI=1S/C10H14F2N2O3/c11-10(12)5-7(6-15)17-8(10)14-4-2-1-3-13-9(14)16/h1-2,7-8,15H,3-6H2,(H,13,16)/t7-,8+/m0/s1. The number of nitrogens with zero attached hydrogens (tertiary/aromatic N) is 1. The van der Waals surface area contributed by atoms with Crippen molar-refractivity contribution in [3.8, 4) is 0 Å². The van der Waals surface area contributed by atoms with E-state index in [0.29, 0.717) is 6.54 Å². The lowest BCUT2D eigenvalue weighted by Crippen LogP contribution is -2.51. The van der Waals surface area contributed by atoms with Crippen LogP contribution in [0.1, 0.15) is 6.42 Å². The van der Waals surface area contributed by atoms with Crippen LogP contribution in [0.3, 0.4) is 0 Å². The molecule has 0 bridgehead atoms. The molecule has 96 valence electrons. The fourth-order valence-corrected chi connectivity index (χ4v) is 1.95. The minimum absolute atomic E-state index is 0.0736. The third kappa shape index (κ3) is 2.39. The third-order valence-electron chi connectivity index (χ3n) is 2.77. The smallest absolute Gasteiger partial charge is 0.320 e. The predicted octanol–water partition coefficient (Wildman–Crippen LogP) is 0.310. The Morgan fingerprint density at radius 2 is 2.35 bits per heavy atom. The van der Waals surface area contributed by atoms with E-state index >= 15 is 0 Å². The number of aliphatic hydroxyl groups is 1. The van der Waals surface area contributed by atoms with Crippen LogP contribution in [0.15, 0.2) is 12.2 Å². The molecule has 7 heteroatoms. The van der Waals surface area contributed by atoms with Gasteiger partial charge in [0.25, 0.3) is 5.92 Å². The molecule has 2 aliphatic heterocycles. The zero-order chi connectivity index (χ0) is 12.5. The Bertz CT molecular complexity index is 336. The Morgan fingerprint density at radius 3 is 3.00 bits per heavy atom. The van der Waals surface area contributed by atoms with Crippen LogP contribution < -0.4 is 5.32 Å². The van der Waals surface area contributed by atoms with Gasteiger partial charge in [0, 0.05) is 19.5 Å². The number of hydrogen-bond acceptors (Lipinski definition) is 3. The minimum Gasteiger partial charge on any atom is -0.394 e. The first-order valence-electron chi connectivity index (χ1n) is 5.38. The summed E-state index contributed by atoms with van der Waals surface area (Å²) in [5, 5.41) is 11.3. The zero-order valence-corrected chi connectivity index (χ0v) is 9.10. The summed E-state index contributed by atoms with van der Waals surface area (Å²) in [5.41, 5.74) is 0. The fourth-order valence-electron chi connectivity index (χ4n) is 1.95. The van der Waals surface area contributed by atoms with Gasteiger partial charge in [0.2, 0.25) is 0 Å². The van der Waals surface area contributed by atoms with E-state index in [2.05, 4.69) is 5.32 Å². The maximum Gasteiger partial charge on any atom is 0.320 e. The number of ether oxygens (including phenoxy) is 1. The van der Waals surface area contributed by atoms with E-state index in [4.69, 9.17) is 9.84 Å². The Kier molecular flexibility index (Phi) is 3.30. The van der Waals surface area contributed by atoms with Crippen LogP contribution in [-0.4, -0.2) is 54.0 Å². The molecule has 0 spiro atoms. The van der Waals surface area contributed by atoms with Crippen molar-refractivity contribution in [3.63, 3.8) is 0 Å². The Hall–Kier alpha value is -1.21. The van der Waals surface area contributed by atoms with Crippen LogP contribution in [0.25, 0.3) is 0 Å². The fraction of sp³-hybridized carbons (Fsp3) is 0.700. The lowest BCUT2D eigenvalue weighted by atomic mass is 10.2. The molecule has 0 radical (unpaired) electrons. The molecule has 0 aromatic heterocycles. The summed E-state index contributed by atoms with van der Waals surface area (Å²) >= 11 is 0. The van der Waals surface area contributed by atoms with Crippen molar-refractivity contribution >= 4 is 6.03 Å². The minimum atomic E-state index is -3.14. The largest absolute Gasteiger partial charge is 0.394 e.